The van der Waals surface area contributed by atoms with Gasteiger partial charge in [-0.15, -0.1) is 0 Å². The topological polar surface area (TPSA) is 98.2 Å². The molecule has 2 saturated heterocycles. The maximum Gasteiger partial charge on any atom is 0.490 e. The molecule has 0 aliphatic carbocycles. The molecule has 1 aromatic rings. The summed E-state index contributed by atoms with van der Waals surface area (Å²) in [6, 6.07) is 8.45. The van der Waals surface area contributed by atoms with Crippen molar-refractivity contribution < 1.29 is 36.3 Å². The first-order chi connectivity index (χ1) is 13.8. The molecule has 0 aromatic heterocycles. The summed E-state index contributed by atoms with van der Waals surface area (Å²) in [6.07, 6.45) is -5.08. The van der Waals surface area contributed by atoms with E-state index in [2.05, 4.69) is 0 Å². The molecule has 2 heterocycles. The molecular weight excluding hydrogens is 427 g/mol. The number of carboxylic acid groups (broad SMARTS) is 1. The number of alkyl halides is 3. The standard InChI is InChI=1S/C16H23N3O3S.C2HF3O2/c1-17(2)8-9-18-10-13-11-19(12-15(13)16(18)20)23(21,22)14-6-4-3-5-7-14;3-2(4,5)1(6)7/h3-7,13,15H,8-12H2,1-2H3;(H,6,7)/t13-,15+;/m1./s1. The number of carbonyl (C=O) groups is 2. The van der Waals surface area contributed by atoms with Gasteiger partial charge in [-0.3, -0.25) is 4.79 Å². The van der Waals surface area contributed by atoms with Crippen LogP contribution in [0.15, 0.2) is 35.2 Å². The third kappa shape index (κ3) is 5.70. The molecule has 2 fully saturated rings. The second kappa shape index (κ2) is 9.31. The van der Waals surface area contributed by atoms with Crippen LogP contribution in [-0.2, 0) is 19.6 Å². The molecule has 8 nitrogen and oxygen atoms in total. The minimum atomic E-state index is -5.08. The molecule has 12 heteroatoms. The lowest BCUT2D eigenvalue weighted by atomic mass is 10.0. The van der Waals surface area contributed by atoms with Crippen LogP contribution in [0.25, 0.3) is 0 Å². The molecule has 0 bridgehead atoms. The van der Waals surface area contributed by atoms with Crippen molar-refractivity contribution in [2.45, 2.75) is 11.1 Å². The van der Waals surface area contributed by atoms with Crippen molar-refractivity contribution in [2.24, 2.45) is 11.8 Å². The van der Waals surface area contributed by atoms with Gasteiger partial charge in [0.25, 0.3) is 0 Å². The summed E-state index contributed by atoms with van der Waals surface area (Å²) in [7, 11) is 0.470. The lowest BCUT2D eigenvalue weighted by Crippen LogP contribution is -2.38. The van der Waals surface area contributed by atoms with Gasteiger partial charge < -0.3 is 14.9 Å². The Morgan fingerprint density at radius 2 is 1.73 bits per heavy atom. The second-order valence-electron chi connectivity index (χ2n) is 7.39. The van der Waals surface area contributed by atoms with E-state index in [1.165, 1.54) is 4.31 Å². The number of aliphatic carboxylic acids is 1. The predicted octanol–water partition coefficient (Wildman–Crippen LogP) is 0.960. The SMILES string of the molecule is CN(C)CCN1C[C@@H]2CN(S(=O)(=O)c3ccccc3)C[C@@H]2C1=O.O=C(O)C(F)(F)F. The van der Waals surface area contributed by atoms with Gasteiger partial charge in [0.05, 0.1) is 10.8 Å². The smallest absolute Gasteiger partial charge is 0.475 e. The number of carbonyl (C=O) groups excluding carboxylic acids is 1. The monoisotopic (exact) mass is 451 g/mol. The van der Waals surface area contributed by atoms with Gasteiger partial charge in [-0.25, -0.2) is 13.2 Å². The zero-order valence-electron chi connectivity index (χ0n) is 16.5. The van der Waals surface area contributed by atoms with Gasteiger partial charge in [0, 0.05) is 38.6 Å². The fourth-order valence-electron chi connectivity index (χ4n) is 3.36. The summed E-state index contributed by atoms with van der Waals surface area (Å²) in [6.45, 7) is 2.95. The van der Waals surface area contributed by atoms with E-state index in [1.807, 2.05) is 23.9 Å². The quantitative estimate of drug-likeness (QED) is 0.716. The lowest BCUT2D eigenvalue weighted by molar-refractivity contribution is -0.192. The fraction of sp³-hybridized carbons (Fsp3) is 0.556. The summed E-state index contributed by atoms with van der Waals surface area (Å²) in [5.41, 5.74) is 0. The maximum absolute atomic E-state index is 12.7. The number of amides is 1. The van der Waals surface area contributed by atoms with Crippen molar-refractivity contribution in [1.82, 2.24) is 14.1 Å². The third-order valence-electron chi connectivity index (χ3n) is 4.93. The average Bonchev–Trinajstić information content (AvgIpc) is 3.20. The number of likely N-dealkylation sites (tertiary alicyclic amines) is 1. The Morgan fingerprint density at radius 3 is 2.20 bits per heavy atom. The van der Waals surface area contributed by atoms with Crippen molar-refractivity contribution in [3.8, 4) is 0 Å². The Morgan fingerprint density at radius 1 is 1.17 bits per heavy atom. The van der Waals surface area contributed by atoms with Gasteiger partial charge in [-0.2, -0.15) is 17.5 Å². The molecule has 2 aliphatic heterocycles. The Hall–Kier alpha value is -2.18. The number of benzene rings is 1. The highest BCUT2D eigenvalue weighted by atomic mass is 32.2. The van der Waals surface area contributed by atoms with Crippen LogP contribution < -0.4 is 0 Å². The van der Waals surface area contributed by atoms with Crippen LogP contribution in [0.2, 0.25) is 0 Å². The minimum Gasteiger partial charge on any atom is -0.475 e. The molecule has 1 amide bonds. The Labute approximate surface area is 172 Å². The number of fused-ring (bicyclic) bond motifs is 1. The highest BCUT2D eigenvalue weighted by Crippen LogP contribution is 2.35. The van der Waals surface area contributed by atoms with E-state index in [-0.39, 0.29) is 17.7 Å². The van der Waals surface area contributed by atoms with Gasteiger partial charge in [-0.05, 0) is 26.2 Å². The average molecular weight is 451 g/mol. The molecule has 0 saturated carbocycles. The van der Waals surface area contributed by atoms with E-state index in [4.69, 9.17) is 9.90 Å². The molecule has 2 atom stereocenters. The van der Waals surface area contributed by atoms with Crippen LogP contribution in [0.1, 0.15) is 0 Å². The number of nitrogens with zero attached hydrogens (tertiary/aromatic N) is 3. The summed E-state index contributed by atoms with van der Waals surface area (Å²) in [5, 5.41) is 7.12. The number of hydrogen-bond acceptors (Lipinski definition) is 5. The second-order valence-corrected chi connectivity index (χ2v) is 9.33. The normalized spacial score (nSPS) is 22.1. The lowest BCUT2D eigenvalue weighted by Gasteiger charge is -2.22. The number of carboxylic acids is 1. The van der Waals surface area contributed by atoms with Crippen LogP contribution in [-0.4, -0.2) is 92.5 Å². The summed E-state index contributed by atoms with van der Waals surface area (Å²) < 4.78 is 58.5. The van der Waals surface area contributed by atoms with Crippen LogP contribution in [0, 0.1) is 11.8 Å². The van der Waals surface area contributed by atoms with Gasteiger partial charge >= 0.3 is 12.1 Å². The molecule has 1 N–H and O–H groups in total. The van der Waals surface area contributed by atoms with Crippen LogP contribution in [0.5, 0.6) is 0 Å². The van der Waals surface area contributed by atoms with Crippen LogP contribution in [0.4, 0.5) is 13.2 Å². The Kier molecular flexibility index (Phi) is 7.48. The Bertz CT molecular complexity index is 862. The van der Waals surface area contributed by atoms with Gasteiger partial charge in [0.2, 0.25) is 15.9 Å². The summed E-state index contributed by atoms with van der Waals surface area (Å²) >= 11 is 0. The molecular formula is C18H24F3N3O5S. The number of sulfonamides is 1. The number of likely N-dealkylation sites (N-methyl/N-ethyl adjacent to an activating group) is 1. The van der Waals surface area contributed by atoms with Crippen molar-refractivity contribution >= 4 is 21.9 Å². The van der Waals surface area contributed by atoms with Gasteiger partial charge in [0.1, 0.15) is 0 Å². The Balaban J connectivity index is 0.000000396. The first-order valence-electron chi connectivity index (χ1n) is 9.13. The largest absolute Gasteiger partial charge is 0.490 e. The third-order valence-corrected chi connectivity index (χ3v) is 6.78. The zero-order valence-corrected chi connectivity index (χ0v) is 17.4. The molecule has 30 heavy (non-hydrogen) atoms. The van der Waals surface area contributed by atoms with E-state index in [1.54, 1.807) is 30.3 Å². The van der Waals surface area contributed by atoms with Crippen LogP contribution in [0.3, 0.4) is 0 Å². The van der Waals surface area contributed by atoms with Gasteiger partial charge in [0.15, 0.2) is 0 Å². The first-order valence-corrected chi connectivity index (χ1v) is 10.6. The summed E-state index contributed by atoms with van der Waals surface area (Å²) in [4.78, 5) is 25.6. The minimum absolute atomic E-state index is 0.0996. The predicted molar refractivity (Wildman–Crippen MR) is 101 cm³/mol. The molecule has 168 valence electrons. The van der Waals surface area contributed by atoms with E-state index < -0.39 is 22.2 Å². The van der Waals surface area contributed by atoms with Crippen molar-refractivity contribution in [1.29, 1.82) is 0 Å². The fourth-order valence-corrected chi connectivity index (χ4v) is 4.91. The van der Waals surface area contributed by atoms with E-state index in [0.717, 1.165) is 6.54 Å². The number of hydrogen-bond donors (Lipinski definition) is 1. The summed E-state index contributed by atoms with van der Waals surface area (Å²) in [5.74, 6) is -2.73. The highest BCUT2D eigenvalue weighted by Gasteiger charge is 2.49. The van der Waals surface area contributed by atoms with Crippen LogP contribution >= 0.6 is 0 Å². The molecule has 1 aromatic carbocycles. The molecule has 3 rings (SSSR count). The number of rotatable bonds is 5. The van der Waals surface area contributed by atoms with E-state index in [0.29, 0.717) is 31.1 Å². The number of halogens is 3. The van der Waals surface area contributed by atoms with E-state index >= 15 is 0 Å². The highest BCUT2D eigenvalue weighted by molar-refractivity contribution is 7.89. The molecule has 0 radical (unpaired) electrons. The van der Waals surface area contributed by atoms with Crippen molar-refractivity contribution in [3.63, 3.8) is 0 Å². The van der Waals surface area contributed by atoms with Gasteiger partial charge in [-0.1, -0.05) is 18.2 Å². The molecule has 0 spiro atoms. The van der Waals surface area contributed by atoms with E-state index in [9.17, 15) is 26.4 Å². The van der Waals surface area contributed by atoms with Crippen molar-refractivity contribution in [3.05, 3.63) is 30.3 Å². The zero-order chi connectivity index (χ0) is 22.7. The molecule has 0 unspecified atom stereocenters. The maximum atomic E-state index is 12.7. The molecule has 2 aliphatic rings. The first kappa shape index (κ1) is 24.1. The van der Waals surface area contributed by atoms with Crippen molar-refractivity contribution in [2.75, 3.05) is 46.8 Å².